The molecule has 0 aromatic heterocycles. The van der Waals surface area contributed by atoms with E-state index in [0.29, 0.717) is 4.58 Å². The highest BCUT2D eigenvalue weighted by Crippen LogP contribution is 2.45. The fourth-order valence-electron chi connectivity index (χ4n) is 3.80. The maximum absolute atomic E-state index is 12.7. The van der Waals surface area contributed by atoms with Crippen LogP contribution < -0.4 is 5.32 Å². The van der Waals surface area contributed by atoms with E-state index in [9.17, 15) is 4.79 Å². The first-order valence-corrected chi connectivity index (χ1v) is 12.3. The van der Waals surface area contributed by atoms with Crippen LogP contribution in [0.15, 0.2) is 24.3 Å². The standard InChI is InChI=1S/C21H33N3OS2/c1-3-4-10-23(2)16-17-8-11-24(12-9-17)21(25)22-19-7-5-6-18(15-19)20-26-13-14-27-20/h5-7,15,17,20H,3-4,8-14,16H2,1-2H3,(H,22,25). The maximum atomic E-state index is 12.7. The van der Waals surface area contributed by atoms with Gasteiger partial charge in [-0.1, -0.05) is 25.5 Å². The molecule has 27 heavy (non-hydrogen) atoms. The molecule has 0 atom stereocenters. The number of rotatable bonds is 7. The molecule has 0 spiro atoms. The predicted octanol–water partition coefficient (Wildman–Crippen LogP) is 5.14. The highest BCUT2D eigenvalue weighted by atomic mass is 32.2. The summed E-state index contributed by atoms with van der Waals surface area (Å²) in [5.74, 6) is 3.15. The lowest BCUT2D eigenvalue weighted by Crippen LogP contribution is -2.43. The largest absolute Gasteiger partial charge is 0.325 e. The molecular weight excluding hydrogens is 374 g/mol. The first kappa shape index (κ1) is 20.9. The van der Waals surface area contributed by atoms with Gasteiger partial charge in [-0.15, -0.1) is 23.5 Å². The summed E-state index contributed by atoms with van der Waals surface area (Å²) in [6.07, 6.45) is 4.75. The van der Waals surface area contributed by atoms with Crippen LogP contribution >= 0.6 is 23.5 Å². The van der Waals surface area contributed by atoms with Crippen LogP contribution in [-0.4, -0.2) is 60.6 Å². The number of unbranched alkanes of at least 4 members (excludes halogenated alkanes) is 1. The minimum absolute atomic E-state index is 0.0525. The number of piperidine rings is 1. The third-order valence-corrected chi connectivity index (χ3v) is 8.50. The average Bonchev–Trinajstić information content (AvgIpc) is 3.22. The highest BCUT2D eigenvalue weighted by Gasteiger charge is 2.24. The van der Waals surface area contributed by atoms with Gasteiger partial charge in [0.2, 0.25) is 0 Å². The molecule has 1 aromatic carbocycles. The molecule has 150 valence electrons. The molecule has 2 amide bonds. The molecule has 0 saturated carbocycles. The van der Waals surface area contributed by atoms with Gasteiger partial charge < -0.3 is 15.1 Å². The number of amides is 2. The van der Waals surface area contributed by atoms with Crippen LogP contribution in [0.1, 0.15) is 42.8 Å². The second kappa shape index (κ2) is 10.6. The quantitative estimate of drug-likeness (QED) is 0.679. The second-order valence-electron chi connectivity index (χ2n) is 7.68. The minimum Gasteiger partial charge on any atom is -0.325 e. The summed E-state index contributed by atoms with van der Waals surface area (Å²) >= 11 is 3.99. The van der Waals surface area contributed by atoms with Crippen LogP contribution in [0.5, 0.6) is 0 Å². The van der Waals surface area contributed by atoms with Crippen LogP contribution in [0, 0.1) is 5.92 Å². The van der Waals surface area contributed by atoms with Gasteiger partial charge in [0.1, 0.15) is 0 Å². The van der Waals surface area contributed by atoms with Gasteiger partial charge in [0.25, 0.3) is 0 Å². The van der Waals surface area contributed by atoms with Crippen LogP contribution in [0.4, 0.5) is 10.5 Å². The summed E-state index contributed by atoms with van der Waals surface area (Å²) < 4.78 is 0.516. The average molecular weight is 408 g/mol. The summed E-state index contributed by atoms with van der Waals surface area (Å²) in [5, 5.41) is 3.12. The highest BCUT2D eigenvalue weighted by molar-refractivity contribution is 8.19. The third kappa shape index (κ3) is 6.33. The Morgan fingerprint density at radius 2 is 2.00 bits per heavy atom. The number of anilines is 1. The third-order valence-electron chi connectivity index (χ3n) is 5.40. The molecule has 2 heterocycles. The Morgan fingerprint density at radius 1 is 1.26 bits per heavy atom. The smallest absolute Gasteiger partial charge is 0.321 e. The van der Waals surface area contributed by atoms with Crippen LogP contribution in [0.2, 0.25) is 0 Å². The van der Waals surface area contributed by atoms with E-state index in [4.69, 9.17) is 0 Å². The molecule has 0 aliphatic carbocycles. The van der Waals surface area contributed by atoms with Crippen molar-refractivity contribution in [2.45, 2.75) is 37.2 Å². The van der Waals surface area contributed by atoms with Gasteiger partial charge in [0.15, 0.2) is 0 Å². The van der Waals surface area contributed by atoms with E-state index in [-0.39, 0.29) is 6.03 Å². The number of nitrogens with one attached hydrogen (secondary N) is 1. The maximum Gasteiger partial charge on any atom is 0.321 e. The van der Waals surface area contributed by atoms with Crippen molar-refractivity contribution in [1.29, 1.82) is 0 Å². The number of carbonyl (C=O) groups excluding carboxylic acids is 1. The summed E-state index contributed by atoms with van der Waals surface area (Å²) in [7, 11) is 2.22. The summed E-state index contributed by atoms with van der Waals surface area (Å²) in [6, 6.07) is 8.43. The van der Waals surface area contributed by atoms with Gasteiger partial charge >= 0.3 is 6.03 Å². The molecular formula is C21H33N3OS2. The molecule has 4 nitrogen and oxygen atoms in total. The molecule has 2 saturated heterocycles. The number of nitrogens with zero attached hydrogens (tertiary/aromatic N) is 2. The van der Waals surface area contributed by atoms with Gasteiger partial charge in [-0.25, -0.2) is 4.79 Å². The summed E-state index contributed by atoms with van der Waals surface area (Å²) in [4.78, 5) is 17.1. The number of benzene rings is 1. The van der Waals surface area contributed by atoms with Crippen molar-refractivity contribution in [3.8, 4) is 0 Å². The molecule has 0 unspecified atom stereocenters. The van der Waals surface area contributed by atoms with Gasteiger partial charge in [-0.2, -0.15) is 0 Å². The normalized spacial score (nSPS) is 19.0. The first-order chi connectivity index (χ1) is 13.2. The van der Waals surface area contributed by atoms with E-state index in [2.05, 4.69) is 42.4 Å². The molecule has 1 N–H and O–H groups in total. The molecule has 3 rings (SSSR count). The molecule has 2 aliphatic rings. The van der Waals surface area contributed by atoms with E-state index in [0.717, 1.165) is 44.1 Å². The van der Waals surface area contributed by atoms with Gasteiger partial charge in [0, 0.05) is 36.8 Å². The lowest BCUT2D eigenvalue weighted by molar-refractivity contribution is 0.163. The molecule has 6 heteroatoms. The van der Waals surface area contributed by atoms with Crippen molar-refractivity contribution in [2.75, 3.05) is 50.0 Å². The van der Waals surface area contributed by atoms with Crippen molar-refractivity contribution in [2.24, 2.45) is 5.92 Å². The topological polar surface area (TPSA) is 35.6 Å². The summed E-state index contributed by atoms with van der Waals surface area (Å²) in [6.45, 7) is 6.32. The van der Waals surface area contributed by atoms with E-state index in [1.807, 2.05) is 34.5 Å². The number of hydrogen-bond donors (Lipinski definition) is 1. The lowest BCUT2D eigenvalue weighted by Gasteiger charge is -2.34. The van der Waals surface area contributed by atoms with Crippen molar-refractivity contribution >= 4 is 35.2 Å². The van der Waals surface area contributed by atoms with E-state index >= 15 is 0 Å². The molecule has 0 bridgehead atoms. The van der Waals surface area contributed by atoms with Crippen LogP contribution in [0.25, 0.3) is 0 Å². The Bertz CT molecular complexity index is 599. The number of hydrogen-bond acceptors (Lipinski definition) is 4. The predicted molar refractivity (Wildman–Crippen MR) is 120 cm³/mol. The number of urea groups is 1. The molecule has 2 aliphatic heterocycles. The Balaban J connectivity index is 1.45. The SMILES string of the molecule is CCCCN(C)CC1CCN(C(=O)Nc2cccc(C3SCCS3)c2)CC1. The van der Waals surface area contributed by atoms with Crippen molar-refractivity contribution in [3.63, 3.8) is 0 Å². The molecule has 2 fully saturated rings. The number of thioether (sulfide) groups is 2. The number of carbonyl (C=O) groups is 1. The van der Waals surface area contributed by atoms with Crippen LogP contribution in [-0.2, 0) is 0 Å². The summed E-state index contributed by atoms with van der Waals surface area (Å²) in [5.41, 5.74) is 2.24. The Kier molecular flexibility index (Phi) is 8.22. The van der Waals surface area contributed by atoms with Crippen molar-refractivity contribution in [1.82, 2.24) is 9.80 Å². The van der Waals surface area contributed by atoms with Crippen molar-refractivity contribution in [3.05, 3.63) is 29.8 Å². The fourth-order valence-corrected chi connectivity index (χ4v) is 6.63. The zero-order valence-electron chi connectivity index (χ0n) is 16.7. The lowest BCUT2D eigenvalue weighted by atomic mass is 9.96. The van der Waals surface area contributed by atoms with Crippen molar-refractivity contribution < 1.29 is 4.79 Å². The van der Waals surface area contributed by atoms with E-state index < -0.39 is 0 Å². The van der Waals surface area contributed by atoms with Crippen LogP contribution in [0.3, 0.4) is 0 Å². The Morgan fingerprint density at radius 3 is 2.70 bits per heavy atom. The zero-order chi connectivity index (χ0) is 19.1. The minimum atomic E-state index is 0.0525. The fraction of sp³-hybridized carbons (Fsp3) is 0.667. The van der Waals surface area contributed by atoms with E-state index in [1.54, 1.807) is 0 Å². The second-order valence-corrected chi connectivity index (χ2v) is 10.4. The van der Waals surface area contributed by atoms with Gasteiger partial charge in [-0.3, -0.25) is 0 Å². The monoisotopic (exact) mass is 407 g/mol. The zero-order valence-corrected chi connectivity index (χ0v) is 18.3. The van der Waals surface area contributed by atoms with Gasteiger partial charge in [0.05, 0.1) is 4.58 Å². The molecule has 0 radical (unpaired) electrons. The molecule has 1 aromatic rings. The Hall–Kier alpha value is -0.850. The number of likely N-dealkylation sites (tertiary alicyclic amines) is 1. The Labute approximate surface area is 172 Å². The first-order valence-electron chi connectivity index (χ1n) is 10.2. The van der Waals surface area contributed by atoms with E-state index in [1.165, 1.54) is 36.5 Å². The van der Waals surface area contributed by atoms with Gasteiger partial charge in [-0.05, 0) is 56.5 Å².